The molecule has 2 aromatic carbocycles. The summed E-state index contributed by atoms with van der Waals surface area (Å²) in [6.45, 7) is 1.99. The molecule has 2 aromatic rings. The van der Waals surface area contributed by atoms with E-state index < -0.39 is 35.4 Å². The van der Waals surface area contributed by atoms with Gasteiger partial charge in [0.05, 0.1) is 23.6 Å². The number of carbonyl (C=O) groups is 2. The molecule has 166 valence electrons. The van der Waals surface area contributed by atoms with Gasteiger partial charge in [-0.15, -0.1) is 0 Å². The van der Waals surface area contributed by atoms with Crippen molar-refractivity contribution < 1.29 is 37.0 Å². The first kappa shape index (κ1) is 22.6. The number of hydrogen-bond acceptors (Lipinski definition) is 3. The molecule has 0 bridgehead atoms. The highest BCUT2D eigenvalue weighted by molar-refractivity contribution is 5.97. The largest absolute Gasteiger partial charge is 0.491 e. The Bertz CT molecular complexity index is 973. The summed E-state index contributed by atoms with van der Waals surface area (Å²) in [6, 6.07) is 6.90. The number of alkyl halides is 3. The fraction of sp³-hybridized carbons (Fsp3) is 0.364. The molecule has 1 amide bonds. The van der Waals surface area contributed by atoms with Crippen LogP contribution in [0.4, 0.5) is 17.6 Å². The Hall–Kier alpha value is -3.10. The minimum absolute atomic E-state index is 0.0548. The van der Waals surface area contributed by atoms with Crippen molar-refractivity contribution in [3.05, 3.63) is 64.5 Å². The van der Waals surface area contributed by atoms with E-state index in [1.54, 1.807) is 6.92 Å². The van der Waals surface area contributed by atoms with Gasteiger partial charge in [0.1, 0.15) is 18.2 Å². The van der Waals surface area contributed by atoms with Crippen molar-refractivity contribution in [2.75, 3.05) is 13.2 Å². The van der Waals surface area contributed by atoms with Gasteiger partial charge in [-0.2, -0.15) is 13.2 Å². The maximum absolute atomic E-state index is 14.5. The Morgan fingerprint density at radius 3 is 2.48 bits per heavy atom. The maximum atomic E-state index is 14.5. The van der Waals surface area contributed by atoms with E-state index in [0.717, 1.165) is 18.2 Å². The molecule has 0 radical (unpaired) electrons. The molecule has 0 saturated carbocycles. The third-order valence-electron chi connectivity index (χ3n) is 5.25. The molecule has 0 spiro atoms. The first-order valence-corrected chi connectivity index (χ1v) is 9.73. The van der Waals surface area contributed by atoms with Gasteiger partial charge in [-0.05, 0) is 42.2 Å². The molecule has 1 heterocycles. The monoisotopic (exact) mass is 439 g/mol. The Morgan fingerprint density at radius 1 is 1.23 bits per heavy atom. The highest BCUT2D eigenvalue weighted by atomic mass is 19.4. The highest BCUT2D eigenvalue weighted by Crippen LogP contribution is 2.31. The summed E-state index contributed by atoms with van der Waals surface area (Å²) in [5.74, 6) is -2.90. The van der Waals surface area contributed by atoms with E-state index in [4.69, 9.17) is 4.74 Å². The van der Waals surface area contributed by atoms with Gasteiger partial charge < -0.3 is 14.7 Å². The number of nitrogens with zero attached hydrogens (tertiary/aromatic N) is 1. The molecule has 0 aliphatic carbocycles. The van der Waals surface area contributed by atoms with Gasteiger partial charge in [0.15, 0.2) is 0 Å². The van der Waals surface area contributed by atoms with Crippen LogP contribution in [0.3, 0.4) is 0 Å². The molecule has 9 heteroatoms. The summed E-state index contributed by atoms with van der Waals surface area (Å²) >= 11 is 0. The van der Waals surface area contributed by atoms with Crippen LogP contribution in [-0.2, 0) is 23.9 Å². The topological polar surface area (TPSA) is 66.8 Å². The highest BCUT2D eigenvalue weighted by Gasteiger charge is 2.30. The third kappa shape index (κ3) is 5.15. The van der Waals surface area contributed by atoms with Crippen LogP contribution in [0, 0.1) is 11.7 Å². The molecular weight excluding hydrogens is 418 g/mol. The van der Waals surface area contributed by atoms with Crippen LogP contribution in [0.15, 0.2) is 36.4 Å². The molecular formula is C22H21F4NO4. The zero-order valence-electron chi connectivity index (χ0n) is 16.7. The molecule has 0 saturated heterocycles. The molecule has 31 heavy (non-hydrogen) atoms. The summed E-state index contributed by atoms with van der Waals surface area (Å²) in [5.41, 5.74) is -0.0809. The Kier molecular flexibility index (Phi) is 6.52. The van der Waals surface area contributed by atoms with Crippen molar-refractivity contribution >= 4 is 11.9 Å². The number of aliphatic carboxylic acids is 1. The lowest BCUT2D eigenvalue weighted by Gasteiger charge is -2.20. The van der Waals surface area contributed by atoms with E-state index in [9.17, 15) is 32.3 Å². The molecule has 1 aliphatic heterocycles. The van der Waals surface area contributed by atoms with Crippen molar-refractivity contribution in [2.24, 2.45) is 5.92 Å². The zero-order chi connectivity index (χ0) is 22.8. The molecule has 1 aliphatic rings. The Morgan fingerprint density at radius 2 is 1.90 bits per heavy atom. The van der Waals surface area contributed by atoms with Gasteiger partial charge in [-0.1, -0.05) is 19.1 Å². The summed E-state index contributed by atoms with van der Waals surface area (Å²) in [7, 11) is 0. The van der Waals surface area contributed by atoms with Crippen LogP contribution < -0.4 is 4.74 Å². The van der Waals surface area contributed by atoms with Crippen LogP contribution in [0.2, 0.25) is 0 Å². The van der Waals surface area contributed by atoms with Crippen LogP contribution >= 0.6 is 0 Å². The van der Waals surface area contributed by atoms with E-state index in [1.165, 1.54) is 23.1 Å². The zero-order valence-corrected chi connectivity index (χ0v) is 16.7. The molecule has 1 atom stereocenters. The quantitative estimate of drug-likeness (QED) is 0.672. The number of halogens is 4. The number of ether oxygens (including phenoxy) is 1. The van der Waals surface area contributed by atoms with Crippen molar-refractivity contribution in [1.29, 1.82) is 0 Å². The smallest absolute Gasteiger partial charge is 0.416 e. The maximum Gasteiger partial charge on any atom is 0.416 e. The Balaban J connectivity index is 1.85. The predicted molar refractivity (Wildman–Crippen MR) is 103 cm³/mol. The molecule has 0 unspecified atom stereocenters. The molecule has 0 aromatic heterocycles. The van der Waals surface area contributed by atoms with Crippen LogP contribution in [0.1, 0.15) is 40.4 Å². The fourth-order valence-corrected chi connectivity index (χ4v) is 3.42. The summed E-state index contributed by atoms with van der Waals surface area (Å²) in [6.07, 6.45) is -4.22. The average Bonchev–Trinajstić information content (AvgIpc) is 2.84. The SMILES string of the molecule is CC[C@@H](Cc1cc2c(cc1F)OCCN(Cc1ccc(C(F)(F)F)cc1)C2=O)C(=O)O. The van der Waals surface area contributed by atoms with Crippen molar-refractivity contribution in [3.8, 4) is 5.75 Å². The number of hydrogen-bond donors (Lipinski definition) is 1. The molecule has 1 N–H and O–H groups in total. The van der Waals surface area contributed by atoms with Crippen LogP contribution in [0.25, 0.3) is 0 Å². The predicted octanol–water partition coefficient (Wildman–Crippen LogP) is 4.53. The van der Waals surface area contributed by atoms with Crippen LogP contribution in [0.5, 0.6) is 5.75 Å². The van der Waals surface area contributed by atoms with Gasteiger partial charge >= 0.3 is 12.1 Å². The van der Waals surface area contributed by atoms with E-state index in [1.807, 2.05) is 0 Å². The lowest BCUT2D eigenvalue weighted by molar-refractivity contribution is -0.142. The number of amides is 1. The average molecular weight is 439 g/mol. The lowest BCUT2D eigenvalue weighted by atomic mass is 9.95. The van der Waals surface area contributed by atoms with Gasteiger partial charge in [0, 0.05) is 12.6 Å². The molecule has 0 fully saturated rings. The second-order valence-corrected chi connectivity index (χ2v) is 7.36. The van der Waals surface area contributed by atoms with E-state index in [-0.39, 0.29) is 43.0 Å². The van der Waals surface area contributed by atoms with Crippen LogP contribution in [-0.4, -0.2) is 35.0 Å². The second kappa shape index (κ2) is 8.95. The number of benzene rings is 2. The number of carbonyl (C=O) groups excluding carboxylic acids is 1. The van der Waals surface area contributed by atoms with Crippen molar-refractivity contribution in [3.63, 3.8) is 0 Å². The number of carboxylic acid groups (broad SMARTS) is 1. The van der Waals surface area contributed by atoms with E-state index >= 15 is 0 Å². The minimum Gasteiger partial charge on any atom is -0.491 e. The number of fused-ring (bicyclic) bond motifs is 1. The standard InChI is InChI=1S/C22H21F4NO4/c1-2-14(21(29)30)9-15-10-17-19(11-18(15)23)31-8-7-27(20(17)28)12-13-3-5-16(6-4-13)22(24,25)26/h3-6,10-11,14H,2,7-9,12H2,1H3,(H,29,30)/t14-/m0/s1. The Labute approximate surface area is 176 Å². The number of carboxylic acids is 1. The van der Waals surface area contributed by atoms with Crippen molar-refractivity contribution in [2.45, 2.75) is 32.5 Å². The van der Waals surface area contributed by atoms with Gasteiger partial charge in [-0.3, -0.25) is 9.59 Å². The normalized spacial score (nSPS) is 15.1. The summed E-state index contributed by atoms with van der Waals surface area (Å²) in [5, 5.41) is 9.24. The first-order valence-electron chi connectivity index (χ1n) is 9.73. The van der Waals surface area contributed by atoms with E-state index in [2.05, 4.69) is 0 Å². The fourth-order valence-electron chi connectivity index (χ4n) is 3.42. The van der Waals surface area contributed by atoms with E-state index in [0.29, 0.717) is 12.0 Å². The molecule has 3 rings (SSSR count). The van der Waals surface area contributed by atoms with Gasteiger partial charge in [0.25, 0.3) is 5.91 Å². The van der Waals surface area contributed by atoms with Gasteiger partial charge in [-0.25, -0.2) is 4.39 Å². The lowest BCUT2D eigenvalue weighted by Crippen LogP contribution is -2.32. The van der Waals surface area contributed by atoms with Crippen molar-refractivity contribution in [1.82, 2.24) is 4.90 Å². The molecule has 5 nitrogen and oxygen atoms in total. The third-order valence-corrected chi connectivity index (χ3v) is 5.25. The summed E-state index contributed by atoms with van der Waals surface area (Å²) in [4.78, 5) is 25.8. The number of rotatable bonds is 6. The minimum atomic E-state index is -4.45. The second-order valence-electron chi connectivity index (χ2n) is 7.36. The van der Waals surface area contributed by atoms with Gasteiger partial charge in [0.2, 0.25) is 0 Å². The summed E-state index contributed by atoms with van der Waals surface area (Å²) < 4.78 is 58.2. The first-order chi connectivity index (χ1) is 14.6.